The number of hydrogen-bond donors (Lipinski definition) is 1. The lowest BCUT2D eigenvalue weighted by atomic mass is 10.9. The second kappa shape index (κ2) is 0.490. The Morgan fingerprint density at radius 2 is 2.00 bits per heavy atom. The molecule has 1 aliphatic rings. The van der Waals surface area contributed by atoms with Crippen LogP contribution in [0.2, 0.25) is 0 Å². The van der Waals surface area contributed by atoms with Crippen molar-refractivity contribution >= 4 is 5.97 Å². The van der Waals surface area contributed by atoms with Gasteiger partial charge < -0.3 is 9.84 Å². The van der Waals surface area contributed by atoms with Crippen LogP contribution in [-0.4, -0.2) is 11.1 Å². The van der Waals surface area contributed by atoms with Crippen molar-refractivity contribution in [1.82, 2.24) is 0 Å². The molecule has 0 amide bonds. The van der Waals surface area contributed by atoms with Gasteiger partial charge in [-0.2, -0.15) is 0 Å². The van der Waals surface area contributed by atoms with Crippen LogP contribution in [0.1, 0.15) is 0 Å². The maximum atomic E-state index is 9.38. The number of carbonyl (C=O) groups excluding carboxylic acids is 1. The number of epoxide rings is 1. The minimum absolute atomic E-state index is 0.468. The van der Waals surface area contributed by atoms with Crippen molar-refractivity contribution in [2.45, 2.75) is 0 Å². The molecule has 5 heavy (non-hydrogen) atoms. The largest absolute Gasteiger partial charge is 0.410 e. The first-order chi connectivity index (χ1) is 2.30. The number of ether oxygens (including phenoxy) is 1. The molecule has 0 spiro atoms. The van der Waals surface area contributed by atoms with E-state index in [-0.39, 0.29) is 0 Å². The summed E-state index contributed by atoms with van der Waals surface area (Å²) in [4.78, 5) is 9.38. The first kappa shape index (κ1) is 2.66. The second-order valence-corrected chi connectivity index (χ2v) is 0.695. The molecule has 0 atom stereocenters. The molecule has 1 fully saturated rings. The highest BCUT2D eigenvalue weighted by atomic mass is 16.7. The van der Waals surface area contributed by atoms with E-state index in [2.05, 4.69) is 4.74 Å². The summed E-state index contributed by atoms with van der Waals surface area (Å²) < 4.78 is 3.75. The van der Waals surface area contributed by atoms with E-state index in [0.29, 0.717) is 0 Å². The maximum absolute atomic E-state index is 9.38. The van der Waals surface area contributed by atoms with Gasteiger partial charge in [-0.3, -0.25) is 0 Å². The molecule has 3 heteroatoms. The van der Waals surface area contributed by atoms with Crippen LogP contribution in [0.4, 0.5) is 0 Å². The van der Waals surface area contributed by atoms with E-state index in [4.69, 9.17) is 5.11 Å². The van der Waals surface area contributed by atoms with Crippen molar-refractivity contribution in [3.8, 4) is 0 Å². The SMILES string of the molecule is O=C1O[C]1O. The average Bonchev–Trinajstić information content (AvgIpc) is 1.79. The fourth-order valence-corrected chi connectivity index (χ4v) is 0.0623. The van der Waals surface area contributed by atoms with Crippen molar-refractivity contribution in [2.24, 2.45) is 0 Å². The molecule has 1 aliphatic heterocycles. The Kier molecular flexibility index (Phi) is 0.260. The van der Waals surface area contributed by atoms with Crippen LogP contribution in [0.3, 0.4) is 0 Å². The lowest BCUT2D eigenvalue weighted by Gasteiger charge is -1.46. The monoisotopic (exact) mass is 73.0 g/mol. The molecule has 1 rings (SSSR count). The lowest BCUT2D eigenvalue weighted by molar-refractivity contribution is -0.117. The summed E-state index contributed by atoms with van der Waals surface area (Å²) in [5, 5.41) is 7.78. The van der Waals surface area contributed by atoms with Gasteiger partial charge in [0.25, 0.3) is 0 Å². The van der Waals surface area contributed by atoms with Crippen molar-refractivity contribution in [1.29, 1.82) is 0 Å². The Morgan fingerprint density at radius 1 is 1.80 bits per heavy atom. The van der Waals surface area contributed by atoms with Crippen LogP contribution in [0.25, 0.3) is 0 Å². The fourth-order valence-electron chi connectivity index (χ4n) is 0.0623. The molecule has 3 nitrogen and oxygen atoms in total. The van der Waals surface area contributed by atoms with E-state index in [9.17, 15) is 4.79 Å². The zero-order chi connectivity index (χ0) is 3.86. The van der Waals surface area contributed by atoms with Crippen molar-refractivity contribution < 1.29 is 14.6 Å². The highest BCUT2D eigenvalue weighted by Gasteiger charge is 2.39. The first-order valence-electron chi connectivity index (χ1n) is 1.09. The highest BCUT2D eigenvalue weighted by Crippen LogP contribution is 2.15. The Bertz CT molecular complexity index is 67.3. The Hall–Kier alpha value is -0.570. The number of rotatable bonds is 0. The van der Waals surface area contributed by atoms with Crippen LogP contribution >= 0.6 is 0 Å². The Balaban J connectivity index is 2.47. The van der Waals surface area contributed by atoms with E-state index < -0.39 is 12.3 Å². The van der Waals surface area contributed by atoms with E-state index in [1.165, 1.54) is 0 Å². The second-order valence-electron chi connectivity index (χ2n) is 0.695. The Labute approximate surface area is 28.2 Å². The van der Waals surface area contributed by atoms with Gasteiger partial charge in [0.2, 0.25) is 0 Å². The van der Waals surface area contributed by atoms with E-state index in [1.807, 2.05) is 0 Å². The van der Waals surface area contributed by atoms with Gasteiger partial charge in [-0.25, -0.2) is 4.79 Å². The smallest absolute Gasteiger partial charge is 0.391 e. The maximum Gasteiger partial charge on any atom is 0.391 e. The van der Waals surface area contributed by atoms with Crippen LogP contribution in [0, 0.1) is 6.29 Å². The third kappa shape index (κ3) is 0.238. The van der Waals surface area contributed by atoms with Crippen LogP contribution in [0.15, 0.2) is 0 Å². The molecule has 0 aromatic heterocycles. The quantitative estimate of drug-likeness (QED) is 0.390. The minimum atomic E-state index is -0.606. The summed E-state index contributed by atoms with van der Waals surface area (Å²) in [5.74, 6) is -0.606. The van der Waals surface area contributed by atoms with Gasteiger partial charge in [-0.05, 0) is 0 Å². The Morgan fingerprint density at radius 3 is 2.00 bits per heavy atom. The van der Waals surface area contributed by atoms with Gasteiger partial charge in [0.05, 0.1) is 0 Å². The molecule has 0 unspecified atom stereocenters. The summed E-state index contributed by atoms with van der Waals surface area (Å²) in [5.41, 5.74) is 0. The topological polar surface area (TPSA) is 49.8 Å². The van der Waals surface area contributed by atoms with Crippen molar-refractivity contribution in [3.05, 3.63) is 6.29 Å². The summed E-state index contributed by atoms with van der Waals surface area (Å²) in [6.07, 6.45) is -0.468. The molecule has 1 saturated heterocycles. The van der Waals surface area contributed by atoms with Gasteiger partial charge in [0, 0.05) is 0 Å². The highest BCUT2D eigenvalue weighted by molar-refractivity contribution is 5.93. The van der Waals surface area contributed by atoms with Gasteiger partial charge in [0.15, 0.2) is 0 Å². The van der Waals surface area contributed by atoms with Gasteiger partial charge in [0.1, 0.15) is 0 Å². The number of aliphatic hydroxyl groups is 1. The molecule has 1 heterocycles. The molecule has 1 radical (unpaired) electrons. The molecule has 1 N–H and O–H groups in total. The zero-order valence-electron chi connectivity index (χ0n) is 2.26. The van der Waals surface area contributed by atoms with Crippen LogP contribution in [0.5, 0.6) is 0 Å². The molecular formula is C2HO3. The molecule has 0 bridgehead atoms. The molecule has 27 valence electrons. The number of cyclic esters (lactones) is 1. The molecule has 0 aliphatic carbocycles. The predicted molar refractivity (Wildman–Crippen MR) is 11.3 cm³/mol. The summed E-state index contributed by atoms with van der Waals surface area (Å²) in [7, 11) is 0. The van der Waals surface area contributed by atoms with Crippen molar-refractivity contribution in [2.75, 3.05) is 0 Å². The standard InChI is InChI=1S/C2HO3/c3-1-2(4)5-1/h3H. The third-order valence-electron chi connectivity index (χ3n) is 0.322. The average molecular weight is 73.0 g/mol. The minimum Gasteiger partial charge on any atom is -0.410 e. The van der Waals surface area contributed by atoms with E-state index in [1.54, 1.807) is 0 Å². The number of aliphatic hydroxyl groups excluding tert-OH is 1. The summed E-state index contributed by atoms with van der Waals surface area (Å²) in [6.45, 7) is 0. The van der Waals surface area contributed by atoms with Gasteiger partial charge >= 0.3 is 12.3 Å². The van der Waals surface area contributed by atoms with E-state index >= 15 is 0 Å². The molecule has 0 aromatic rings. The third-order valence-corrected chi connectivity index (χ3v) is 0.322. The zero-order valence-corrected chi connectivity index (χ0v) is 2.26. The first-order valence-corrected chi connectivity index (χ1v) is 1.09. The predicted octanol–water partition coefficient (Wildman–Crippen LogP) is -0.595. The summed E-state index contributed by atoms with van der Waals surface area (Å²) in [6, 6.07) is 0. The van der Waals surface area contributed by atoms with Crippen molar-refractivity contribution in [3.63, 3.8) is 0 Å². The number of carbonyl (C=O) groups is 1. The van der Waals surface area contributed by atoms with Crippen LogP contribution in [-0.2, 0) is 9.53 Å². The molecular weight excluding hydrogens is 72.0 g/mol. The fraction of sp³-hybridized carbons (Fsp3) is 0. The lowest BCUT2D eigenvalue weighted by Crippen LogP contribution is -1.64. The normalized spacial score (nSPS) is 22.2. The van der Waals surface area contributed by atoms with Crippen LogP contribution < -0.4 is 0 Å². The number of hydrogen-bond acceptors (Lipinski definition) is 3. The van der Waals surface area contributed by atoms with E-state index in [0.717, 1.165) is 0 Å². The summed E-state index contributed by atoms with van der Waals surface area (Å²) >= 11 is 0. The van der Waals surface area contributed by atoms with Gasteiger partial charge in [-0.1, -0.05) is 0 Å². The molecule has 0 aromatic carbocycles. The van der Waals surface area contributed by atoms with Gasteiger partial charge in [-0.15, -0.1) is 0 Å². The molecule has 0 saturated carbocycles.